The molecule has 1 fully saturated rings. The third kappa shape index (κ3) is 1.94. The van der Waals surface area contributed by atoms with Crippen LogP contribution in [0.4, 0.5) is 0 Å². The van der Waals surface area contributed by atoms with Gasteiger partial charge in [0.2, 0.25) is 5.91 Å². The Morgan fingerprint density at radius 3 is 3.19 bits per heavy atom. The Morgan fingerprint density at radius 2 is 2.56 bits per heavy atom. The summed E-state index contributed by atoms with van der Waals surface area (Å²) < 4.78 is 7.39. The number of carbonyl (C=O) groups is 1. The molecule has 0 saturated carbocycles. The second-order valence-electron chi connectivity index (χ2n) is 3.93. The van der Waals surface area contributed by atoms with Crippen LogP contribution in [0.1, 0.15) is 24.6 Å². The molecular formula is C10H16N4O2. The number of hydrazine groups is 1. The molecule has 0 bridgehead atoms. The maximum atomic E-state index is 11.6. The molecule has 2 heterocycles. The molecule has 0 aromatic carbocycles. The first-order valence-corrected chi connectivity index (χ1v) is 5.34. The van der Waals surface area contributed by atoms with Crippen LogP contribution in [0, 0.1) is 5.92 Å². The van der Waals surface area contributed by atoms with E-state index in [2.05, 4.69) is 10.5 Å². The minimum Gasteiger partial charge on any atom is -0.371 e. The molecule has 1 aromatic heterocycles. The van der Waals surface area contributed by atoms with E-state index in [0.717, 1.165) is 18.5 Å². The summed E-state index contributed by atoms with van der Waals surface area (Å²) in [5, 5.41) is 4.09. The summed E-state index contributed by atoms with van der Waals surface area (Å²) in [5.41, 5.74) is 3.11. The summed E-state index contributed by atoms with van der Waals surface area (Å²) >= 11 is 0. The Hall–Kier alpha value is -1.40. The van der Waals surface area contributed by atoms with E-state index < -0.39 is 0 Å². The van der Waals surface area contributed by atoms with Gasteiger partial charge in [0.25, 0.3) is 0 Å². The van der Waals surface area contributed by atoms with Gasteiger partial charge in [-0.2, -0.15) is 5.10 Å². The molecule has 0 spiro atoms. The lowest BCUT2D eigenvalue weighted by Crippen LogP contribution is -2.41. The van der Waals surface area contributed by atoms with E-state index in [1.165, 1.54) is 0 Å². The van der Waals surface area contributed by atoms with Crippen LogP contribution in [-0.2, 0) is 16.6 Å². The normalized spacial score (nSPS) is 25.4. The number of nitrogens with one attached hydrogen (secondary N) is 1. The van der Waals surface area contributed by atoms with Crippen molar-refractivity contribution >= 4 is 5.91 Å². The molecular weight excluding hydrogens is 208 g/mol. The Morgan fingerprint density at radius 1 is 1.75 bits per heavy atom. The summed E-state index contributed by atoms with van der Waals surface area (Å²) in [5.74, 6) is 4.78. The van der Waals surface area contributed by atoms with Gasteiger partial charge >= 0.3 is 0 Å². The second-order valence-corrected chi connectivity index (χ2v) is 3.93. The van der Waals surface area contributed by atoms with Crippen LogP contribution in [-0.4, -0.2) is 22.3 Å². The minimum absolute atomic E-state index is 0.175. The smallest absolute Gasteiger partial charge is 0.240 e. The van der Waals surface area contributed by atoms with Crippen LogP contribution >= 0.6 is 0 Å². The van der Waals surface area contributed by atoms with Crippen molar-refractivity contribution < 1.29 is 9.53 Å². The van der Waals surface area contributed by atoms with E-state index in [-0.39, 0.29) is 17.9 Å². The third-order valence-corrected chi connectivity index (χ3v) is 2.95. The maximum Gasteiger partial charge on any atom is 0.240 e. The molecule has 6 nitrogen and oxygen atoms in total. The lowest BCUT2D eigenvalue weighted by molar-refractivity contribution is -0.135. The molecule has 2 rings (SSSR count). The van der Waals surface area contributed by atoms with Gasteiger partial charge in [0, 0.05) is 19.9 Å². The first kappa shape index (κ1) is 11.1. The van der Waals surface area contributed by atoms with Gasteiger partial charge < -0.3 is 4.74 Å². The van der Waals surface area contributed by atoms with Gasteiger partial charge in [-0.15, -0.1) is 0 Å². The van der Waals surface area contributed by atoms with E-state index >= 15 is 0 Å². The molecule has 0 unspecified atom stereocenters. The Balaban J connectivity index is 2.23. The lowest BCUT2D eigenvalue weighted by Gasteiger charge is -2.30. The van der Waals surface area contributed by atoms with Gasteiger partial charge in [-0.25, -0.2) is 5.84 Å². The average Bonchev–Trinajstić information content (AvgIpc) is 2.74. The quantitative estimate of drug-likeness (QED) is 0.417. The van der Waals surface area contributed by atoms with Crippen molar-refractivity contribution in [3.05, 3.63) is 18.0 Å². The minimum atomic E-state index is -0.246. The number of hydrogen-bond donors (Lipinski definition) is 2. The van der Waals surface area contributed by atoms with Crippen molar-refractivity contribution in [1.29, 1.82) is 0 Å². The van der Waals surface area contributed by atoms with E-state index in [0.29, 0.717) is 6.61 Å². The van der Waals surface area contributed by atoms with Gasteiger partial charge in [-0.05, 0) is 18.9 Å². The van der Waals surface area contributed by atoms with Gasteiger partial charge in [-0.1, -0.05) is 0 Å². The maximum absolute atomic E-state index is 11.6. The topological polar surface area (TPSA) is 82.2 Å². The molecule has 1 aliphatic rings. The van der Waals surface area contributed by atoms with Crippen molar-refractivity contribution in [2.24, 2.45) is 18.8 Å². The third-order valence-electron chi connectivity index (χ3n) is 2.95. The largest absolute Gasteiger partial charge is 0.371 e. The monoisotopic (exact) mass is 224 g/mol. The zero-order chi connectivity index (χ0) is 11.5. The Bertz CT molecular complexity index is 377. The molecule has 1 aromatic rings. The van der Waals surface area contributed by atoms with Crippen LogP contribution in [0.15, 0.2) is 12.3 Å². The number of nitrogens with zero attached hydrogens (tertiary/aromatic N) is 2. The summed E-state index contributed by atoms with van der Waals surface area (Å²) in [6, 6.07) is 1.87. The predicted octanol–water partition coefficient (Wildman–Crippen LogP) is -0.122. The summed E-state index contributed by atoms with van der Waals surface area (Å²) in [7, 11) is 1.84. The molecule has 1 amide bonds. The van der Waals surface area contributed by atoms with Gasteiger partial charge in [-0.3, -0.25) is 14.9 Å². The van der Waals surface area contributed by atoms with Crippen LogP contribution in [0.2, 0.25) is 0 Å². The van der Waals surface area contributed by atoms with Crippen molar-refractivity contribution in [2.75, 3.05) is 6.61 Å². The highest BCUT2D eigenvalue weighted by Gasteiger charge is 2.34. The van der Waals surface area contributed by atoms with Gasteiger partial charge in [0.15, 0.2) is 0 Å². The molecule has 0 aliphatic carbocycles. The van der Waals surface area contributed by atoms with E-state index in [1.54, 1.807) is 10.9 Å². The molecule has 1 saturated heterocycles. The lowest BCUT2D eigenvalue weighted by atomic mass is 9.91. The number of rotatable bonds is 2. The highest BCUT2D eigenvalue weighted by molar-refractivity contribution is 5.78. The van der Waals surface area contributed by atoms with Crippen molar-refractivity contribution in [3.63, 3.8) is 0 Å². The first-order chi connectivity index (χ1) is 7.74. The van der Waals surface area contributed by atoms with Crippen molar-refractivity contribution in [2.45, 2.75) is 18.9 Å². The fourth-order valence-corrected chi connectivity index (χ4v) is 2.11. The van der Waals surface area contributed by atoms with Crippen LogP contribution < -0.4 is 11.3 Å². The van der Waals surface area contributed by atoms with E-state index in [1.807, 2.05) is 13.1 Å². The van der Waals surface area contributed by atoms with Gasteiger partial charge in [0.1, 0.15) is 6.10 Å². The average molecular weight is 224 g/mol. The van der Waals surface area contributed by atoms with Crippen LogP contribution in [0.25, 0.3) is 0 Å². The molecule has 3 N–H and O–H groups in total. The first-order valence-electron chi connectivity index (χ1n) is 5.34. The molecule has 1 aliphatic heterocycles. The Kier molecular flexibility index (Phi) is 3.21. The zero-order valence-corrected chi connectivity index (χ0v) is 9.22. The standard InChI is InChI=1S/C10H16N4O2/c1-14-8(4-5-12-14)9-7(10(15)13-11)3-2-6-16-9/h4-5,7,9H,2-3,6,11H2,1H3,(H,13,15)/t7-,9-/m1/s1. The second kappa shape index (κ2) is 4.63. The highest BCUT2D eigenvalue weighted by Crippen LogP contribution is 2.33. The number of hydrogen-bond acceptors (Lipinski definition) is 4. The van der Waals surface area contributed by atoms with E-state index in [9.17, 15) is 4.79 Å². The summed E-state index contributed by atoms with van der Waals surface area (Å²) in [4.78, 5) is 11.6. The molecule has 2 atom stereocenters. The molecule has 6 heteroatoms. The van der Waals surface area contributed by atoms with Crippen LogP contribution in [0.5, 0.6) is 0 Å². The van der Waals surface area contributed by atoms with E-state index in [4.69, 9.17) is 10.6 Å². The SMILES string of the molecule is Cn1nccc1[C@@H]1OCCC[C@H]1C(=O)NN. The van der Waals surface area contributed by atoms with Crippen molar-refractivity contribution in [1.82, 2.24) is 15.2 Å². The number of carbonyl (C=O) groups excluding carboxylic acids is 1. The van der Waals surface area contributed by atoms with Crippen molar-refractivity contribution in [3.8, 4) is 0 Å². The number of aromatic nitrogens is 2. The van der Waals surface area contributed by atoms with Crippen LogP contribution in [0.3, 0.4) is 0 Å². The fourth-order valence-electron chi connectivity index (χ4n) is 2.11. The van der Waals surface area contributed by atoms with Gasteiger partial charge in [0.05, 0.1) is 11.6 Å². The molecule has 88 valence electrons. The number of nitrogens with two attached hydrogens (primary N) is 1. The predicted molar refractivity (Wildman–Crippen MR) is 57.0 cm³/mol. The molecule has 0 radical (unpaired) electrons. The summed E-state index contributed by atoms with van der Waals surface area (Å²) in [6.45, 7) is 0.671. The highest BCUT2D eigenvalue weighted by atomic mass is 16.5. The number of amides is 1. The summed E-state index contributed by atoms with van der Waals surface area (Å²) in [6.07, 6.45) is 3.13. The number of ether oxygens (including phenoxy) is 1. The Labute approximate surface area is 93.7 Å². The fraction of sp³-hybridized carbons (Fsp3) is 0.600. The number of aryl methyl sites for hydroxylation is 1. The molecule has 16 heavy (non-hydrogen) atoms. The zero-order valence-electron chi connectivity index (χ0n) is 9.22.